The van der Waals surface area contributed by atoms with Crippen LogP contribution >= 0.6 is 22.7 Å². The van der Waals surface area contributed by atoms with Crippen molar-refractivity contribution in [1.82, 2.24) is 19.5 Å². The van der Waals surface area contributed by atoms with Gasteiger partial charge in [0.2, 0.25) is 0 Å². The normalized spacial score (nSPS) is 14.9. The maximum Gasteiger partial charge on any atom is 0.185 e. The molecule has 114 valence electrons. The number of imidazole rings is 1. The Morgan fingerprint density at radius 2 is 2.09 bits per heavy atom. The number of nitrogens with zero attached hydrogens (tertiary/aromatic N) is 5. The van der Waals surface area contributed by atoms with Gasteiger partial charge >= 0.3 is 0 Å². The number of aromatic nitrogens is 4. The third-order valence-electron chi connectivity index (χ3n) is 3.80. The van der Waals surface area contributed by atoms with Crippen molar-refractivity contribution in [1.29, 1.82) is 0 Å². The molecule has 0 unspecified atom stereocenters. The summed E-state index contributed by atoms with van der Waals surface area (Å²) in [4.78, 5) is 17.1. The van der Waals surface area contributed by atoms with Crippen LogP contribution in [-0.4, -0.2) is 32.6 Å². The van der Waals surface area contributed by atoms with E-state index in [2.05, 4.69) is 29.8 Å². The molecule has 4 rings (SSSR count). The maximum atomic E-state index is 4.58. The molecule has 0 saturated carbocycles. The summed E-state index contributed by atoms with van der Waals surface area (Å²) in [5.74, 6) is 0.980. The van der Waals surface area contributed by atoms with Crippen molar-refractivity contribution in [2.24, 2.45) is 0 Å². The summed E-state index contributed by atoms with van der Waals surface area (Å²) in [5.41, 5.74) is 1.09. The van der Waals surface area contributed by atoms with Gasteiger partial charge in [0.15, 0.2) is 11.0 Å². The van der Waals surface area contributed by atoms with Crippen molar-refractivity contribution in [3.63, 3.8) is 0 Å². The fourth-order valence-corrected chi connectivity index (χ4v) is 4.32. The van der Waals surface area contributed by atoms with E-state index >= 15 is 0 Å². The smallest absolute Gasteiger partial charge is 0.185 e. The molecule has 0 amide bonds. The molecule has 1 aliphatic rings. The first-order valence-corrected chi connectivity index (χ1v) is 9.12. The molecule has 0 aromatic carbocycles. The standard InChI is InChI=1S/C15H17N5S2/c1-11-18-12(10-21-11)9-20-7-4-16-14(20)13-8-17-15(22-13)19-5-2-3-6-19/h4,7-8,10H,2-3,5-6,9H2,1H3. The van der Waals surface area contributed by atoms with E-state index < -0.39 is 0 Å². The number of hydrogen-bond donors (Lipinski definition) is 0. The molecule has 5 nitrogen and oxygen atoms in total. The average molecular weight is 331 g/mol. The van der Waals surface area contributed by atoms with E-state index in [4.69, 9.17) is 0 Å². The van der Waals surface area contributed by atoms with Gasteiger partial charge in [-0.3, -0.25) is 0 Å². The summed E-state index contributed by atoms with van der Waals surface area (Å²) in [6.45, 7) is 5.05. The van der Waals surface area contributed by atoms with Gasteiger partial charge in [-0.05, 0) is 19.8 Å². The number of hydrogen-bond acceptors (Lipinski definition) is 6. The summed E-state index contributed by atoms with van der Waals surface area (Å²) in [5, 5.41) is 4.33. The second kappa shape index (κ2) is 5.81. The highest BCUT2D eigenvalue weighted by Gasteiger charge is 2.18. The van der Waals surface area contributed by atoms with Crippen LogP contribution in [0, 0.1) is 6.92 Å². The van der Waals surface area contributed by atoms with Gasteiger partial charge in [-0.1, -0.05) is 11.3 Å². The van der Waals surface area contributed by atoms with Gasteiger partial charge in [0.1, 0.15) is 0 Å². The van der Waals surface area contributed by atoms with E-state index in [0.29, 0.717) is 0 Å². The summed E-state index contributed by atoms with van der Waals surface area (Å²) in [6.07, 6.45) is 8.35. The summed E-state index contributed by atoms with van der Waals surface area (Å²) < 4.78 is 2.15. The van der Waals surface area contributed by atoms with E-state index in [1.165, 1.54) is 12.8 Å². The minimum absolute atomic E-state index is 0.761. The van der Waals surface area contributed by atoms with Crippen molar-refractivity contribution in [2.45, 2.75) is 26.3 Å². The highest BCUT2D eigenvalue weighted by molar-refractivity contribution is 7.18. The number of aryl methyl sites for hydroxylation is 1. The van der Waals surface area contributed by atoms with Crippen LogP contribution < -0.4 is 4.90 Å². The number of rotatable bonds is 4. The van der Waals surface area contributed by atoms with Gasteiger partial charge in [-0.25, -0.2) is 15.0 Å². The zero-order valence-corrected chi connectivity index (χ0v) is 14.0. The predicted molar refractivity (Wildman–Crippen MR) is 90.7 cm³/mol. The lowest BCUT2D eigenvalue weighted by Gasteiger charge is -2.12. The third-order valence-corrected chi connectivity index (χ3v) is 5.68. The molecule has 3 aromatic rings. The monoisotopic (exact) mass is 331 g/mol. The molecule has 1 fully saturated rings. The predicted octanol–water partition coefficient (Wildman–Crippen LogP) is 3.42. The molecule has 1 aliphatic heterocycles. The highest BCUT2D eigenvalue weighted by atomic mass is 32.1. The van der Waals surface area contributed by atoms with E-state index in [0.717, 1.165) is 46.2 Å². The Bertz CT molecular complexity index is 766. The summed E-state index contributed by atoms with van der Waals surface area (Å²) in [6, 6.07) is 0. The first-order valence-electron chi connectivity index (χ1n) is 7.43. The highest BCUT2D eigenvalue weighted by Crippen LogP contribution is 2.32. The minimum Gasteiger partial charge on any atom is -0.348 e. The minimum atomic E-state index is 0.761. The largest absolute Gasteiger partial charge is 0.348 e. The number of anilines is 1. The average Bonchev–Trinajstić information content (AvgIpc) is 3.26. The zero-order valence-electron chi connectivity index (χ0n) is 12.4. The van der Waals surface area contributed by atoms with Crippen molar-refractivity contribution in [3.05, 3.63) is 34.7 Å². The van der Waals surface area contributed by atoms with E-state index in [1.807, 2.05) is 25.5 Å². The lowest BCUT2D eigenvalue weighted by atomic mass is 10.4. The van der Waals surface area contributed by atoms with Crippen LogP contribution in [0.3, 0.4) is 0 Å². The molecule has 0 atom stereocenters. The molecule has 22 heavy (non-hydrogen) atoms. The van der Waals surface area contributed by atoms with Crippen LogP contribution in [0.4, 0.5) is 5.13 Å². The molecule has 0 bridgehead atoms. The fraction of sp³-hybridized carbons (Fsp3) is 0.400. The molecule has 0 spiro atoms. The molecule has 0 aliphatic carbocycles. The van der Waals surface area contributed by atoms with Crippen LogP contribution in [0.15, 0.2) is 24.0 Å². The molecular formula is C15H17N5S2. The van der Waals surface area contributed by atoms with Gasteiger partial charge in [0.25, 0.3) is 0 Å². The van der Waals surface area contributed by atoms with Crippen molar-refractivity contribution in [3.8, 4) is 10.7 Å². The third kappa shape index (κ3) is 2.66. The second-order valence-corrected chi connectivity index (χ2v) is 7.51. The molecule has 7 heteroatoms. The topological polar surface area (TPSA) is 46.8 Å². The molecule has 0 N–H and O–H groups in total. The molecule has 1 saturated heterocycles. The van der Waals surface area contributed by atoms with Crippen molar-refractivity contribution < 1.29 is 0 Å². The van der Waals surface area contributed by atoms with Crippen LogP contribution in [0.5, 0.6) is 0 Å². The summed E-state index contributed by atoms with van der Waals surface area (Å²) >= 11 is 3.42. The Hall–Kier alpha value is -1.73. The van der Waals surface area contributed by atoms with Gasteiger partial charge in [0.05, 0.1) is 28.3 Å². The van der Waals surface area contributed by atoms with Gasteiger partial charge < -0.3 is 9.47 Å². The van der Waals surface area contributed by atoms with Crippen molar-refractivity contribution >= 4 is 27.8 Å². The van der Waals surface area contributed by atoms with Crippen LogP contribution in [0.1, 0.15) is 23.5 Å². The lowest BCUT2D eigenvalue weighted by Crippen LogP contribution is -2.16. The van der Waals surface area contributed by atoms with Crippen LogP contribution in [-0.2, 0) is 6.54 Å². The lowest BCUT2D eigenvalue weighted by molar-refractivity contribution is 0.787. The second-order valence-electron chi connectivity index (χ2n) is 5.44. The van der Waals surface area contributed by atoms with E-state index in [9.17, 15) is 0 Å². The van der Waals surface area contributed by atoms with Gasteiger partial charge in [0, 0.05) is 30.9 Å². The first kappa shape index (κ1) is 13.9. The maximum absolute atomic E-state index is 4.58. The Balaban J connectivity index is 1.59. The molecule has 3 aromatic heterocycles. The van der Waals surface area contributed by atoms with Crippen LogP contribution in [0.2, 0.25) is 0 Å². The summed E-state index contributed by atoms with van der Waals surface area (Å²) in [7, 11) is 0. The first-order chi connectivity index (χ1) is 10.8. The Morgan fingerprint density at radius 3 is 2.86 bits per heavy atom. The van der Waals surface area contributed by atoms with E-state index in [-0.39, 0.29) is 0 Å². The van der Waals surface area contributed by atoms with Crippen molar-refractivity contribution in [2.75, 3.05) is 18.0 Å². The Morgan fingerprint density at radius 1 is 1.23 bits per heavy atom. The number of thiazole rings is 2. The molecule has 4 heterocycles. The van der Waals surface area contributed by atoms with E-state index in [1.54, 1.807) is 22.7 Å². The van der Waals surface area contributed by atoms with Gasteiger partial charge in [-0.2, -0.15) is 0 Å². The fourth-order valence-electron chi connectivity index (χ4n) is 2.74. The Kier molecular flexibility index (Phi) is 3.67. The zero-order chi connectivity index (χ0) is 14.9. The Labute approximate surface area is 137 Å². The quantitative estimate of drug-likeness (QED) is 0.735. The van der Waals surface area contributed by atoms with Gasteiger partial charge in [-0.15, -0.1) is 11.3 Å². The molecule has 0 radical (unpaired) electrons. The SMILES string of the molecule is Cc1nc(Cn2ccnc2-c2cnc(N3CCCC3)s2)cs1. The van der Waals surface area contributed by atoms with Crippen LogP contribution in [0.25, 0.3) is 10.7 Å². The molecular weight excluding hydrogens is 314 g/mol.